The molecule has 2 aromatic carbocycles. The largest absolute Gasteiger partial charge is 0.489 e. The summed E-state index contributed by atoms with van der Waals surface area (Å²) in [5.74, 6) is 1.57. The van der Waals surface area contributed by atoms with E-state index in [2.05, 4.69) is 22.4 Å². The van der Waals surface area contributed by atoms with E-state index in [1.165, 1.54) is 0 Å². The van der Waals surface area contributed by atoms with Crippen LogP contribution in [-0.2, 0) is 12.4 Å². The fourth-order valence-electron chi connectivity index (χ4n) is 3.17. The van der Waals surface area contributed by atoms with E-state index in [-0.39, 0.29) is 11.9 Å². The van der Waals surface area contributed by atoms with Crippen LogP contribution in [0.5, 0.6) is 5.75 Å². The highest BCUT2D eigenvalue weighted by atomic mass is 32.2. The number of ether oxygens (including phenoxy) is 1. The molecular weight excluding hydrogens is 420 g/mol. The van der Waals surface area contributed by atoms with Gasteiger partial charge in [0.05, 0.1) is 12.3 Å². The van der Waals surface area contributed by atoms with Gasteiger partial charge in [-0.3, -0.25) is 9.78 Å². The third-order valence-corrected chi connectivity index (χ3v) is 6.01. The number of benzene rings is 2. The molecule has 0 aliphatic heterocycles. The summed E-state index contributed by atoms with van der Waals surface area (Å²) in [5.41, 5.74) is 2.87. The van der Waals surface area contributed by atoms with E-state index >= 15 is 0 Å². The van der Waals surface area contributed by atoms with Crippen molar-refractivity contribution in [3.63, 3.8) is 0 Å². The molecular formula is C26H24N2O3S. The number of furan rings is 1. The normalized spacial score (nSPS) is 11.7. The van der Waals surface area contributed by atoms with Crippen LogP contribution >= 0.6 is 11.8 Å². The van der Waals surface area contributed by atoms with Crippen molar-refractivity contribution in [2.24, 2.45) is 0 Å². The molecule has 0 radical (unpaired) electrons. The Kier molecular flexibility index (Phi) is 7.25. The second-order valence-electron chi connectivity index (χ2n) is 7.29. The highest BCUT2D eigenvalue weighted by Crippen LogP contribution is 2.25. The predicted molar refractivity (Wildman–Crippen MR) is 126 cm³/mol. The van der Waals surface area contributed by atoms with Crippen LogP contribution in [0.1, 0.15) is 40.2 Å². The number of nitrogens with zero attached hydrogens (tertiary/aromatic N) is 1. The van der Waals surface area contributed by atoms with Crippen molar-refractivity contribution in [3.05, 3.63) is 114 Å². The molecule has 2 aromatic heterocycles. The molecule has 4 rings (SSSR count). The fourth-order valence-corrected chi connectivity index (χ4v) is 4.07. The number of hydrogen-bond donors (Lipinski definition) is 1. The van der Waals surface area contributed by atoms with Gasteiger partial charge in [-0.1, -0.05) is 36.4 Å². The molecule has 0 saturated heterocycles. The lowest BCUT2D eigenvalue weighted by molar-refractivity contribution is 0.0911. The van der Waals surface area contributed by atoms with Gasteiger partial charge in [-0.05, 0) is 48.9 Å². The summed E-state index contributed by atoms with van der Waals surface area (Å²) in [6.45, 7) is 2.41. The first-order valence-electron chi connectivity index (χ1n) is 10.4. The van der Waals surface area contributed by atoms with E-state index in [1.54, 1.807) is 30.4 Å². The lowest BCUT2D eigenvalue weighted by Crippen LogP contribution is -2.27. The first kappa shape index (κ1) is 21.7. The summed E-state index contributed by atoms with van der Waals surface area (Å²) in [6.07, 6.45) is 5.09. The van der Waals surface area contributed by atoms with Gasteiger partial charge < -0.3 is 14.5 Å². The maximum atomic E-state index is 12.8. The number of rotatable bonds is 9. The van der Waals surface area contributed by atoms with Gasteiger partial charge in [-0.2, -0.15) is 0 Å². The van der Waals surface area contributed by atoms with E-state index in [4.69, 9.17) is 9.15 Å². The van der Waals surface area contributed by atoms with Crippen molar-refractivity contribution in [3.8, 4) is 5.75 Å². The molecule has 32 heavy (non-hydrogen) atoms. The third-order valence-electron chi connectivity index (χ3n) is 4.95. The number of nitrogens with one attached hydrogen (secondary N) is 1. The molecule has 1 amide bonds. The first-order valence-corrected chi connectivity index (χ1v) is 11.3. The first-order chi connectivity index (χ1) is 15.7. The van der Waals surface area contributed by atoms with Crippen molar-refractivity contribution >= 4 is 17.7 Å². The Labute approximate surface area is 191 Å². The van der Waals surface area contributed by atoms with E-state index in [9.17, 15) is 4.79 Å². The summed E-state index contributed by atoms with van der Waals surface area (Å²) in [6, 6.07) is 23.4. The van der Waals surface area contributed by atoms with Gasteiger partial charge >= 0.3 is 0 Å². The van der Waals surface area contributed by atoms with Crippen LogP contribution in [0.25, 0.3) is 0 Å². The quantitative estimate of drug-likeness (QED) is 0.319. The molecule has 0 aliphatic rings. The molecule has 1 unspecified atom stereocenters. The molecule has 2 heterocycles. The van der Waals surface area contributed by atoms with E-state index in [0.717, 1.165) is 27.3 Å². The second kappa shape index (κ2) is 10.7. The predicted octanol–water partition coefficient (Wildman–Crippen LogP) is 6.04. The molecule has 4 aromatic rings. The zero-order valence-electron chi connectivity index (χ0n) is 17.7. The van der Waals surface area contributed by atoms with Crippen molar-refractivity contribution in [1.82, 2.24) is 10.3 Å². The summed E-state index contributed by atoms with van der Waals surface area (Å²) in [4.78, 5) is 18.0. The van der Waals surface area contributed by atoms with Crippen LogP contribution < -0.4 is 10.1 Å². The standard InChI is InChI=1S/C26H24N2O3S/c1-19(21-9-11-23(12-10-21)31-17-20-6-5-14-27-16-20)28-26(29)25-22(13-15-30-25)18-32-24-7-3-2-4-8-24/h2-16,19H,17-18H2,1H3,(H,28,29). The van der Waals surface area contributed by atoms with Crippen molar-refractivity contribution in [2.75, 3.05) is 0 Å². The van der Waals surface area contributed by atoms with Gasteiger partial charge in [0, 0.05) is 34.2 Å². The van der Waals surface area contributed by atoms with Crippen LogP contribution in [0.2, 0.25) is 0 Å². The van der Waals surface area contributed by atoms with Gasteiger partial charge in [0.15, 0.2) is 5.76 Å². The number of carbonyl (C=O) groups excluding carboxylic acids is 1. The summed E-state index contributed by atoms with van der Waals surface area (Å²) < 4.78 is 11.3. The Balaban J connectivity index is 1.32. The van der Waals surface area contributed by atoms with E-state index < -0.39 is 0 Å². The number of pyridine rings is 1. The monoisotopic (exact) mass is 444 g/mol. The third kappa shape index (κ3) is 5.80. The summed E-state index contributed by atoms with van der Waals surface area (Å²) in [7, 11) is 0. The van der Waals surface area contributed by atoms with E-state index in [0.29, 0.717) is 18.1 Å². The number of thioether (sulfide) groups is 1. The van der Waals surface area contributed by atoms with Gasteiger partial charge in [0.25, 0.3) is 5.91 Å². The van der Waals surface area contributed by atoms with Crippen LogP contribution in [0, 0.1) is 0 Å². The second-order valence-corrected chi connectivity index (χ2v) is 8.34. The molecule has 162 valence electrons. The van der Waals surface area contributed by atoms with Crippen LogP contribution in [-0.4, -0.2) is 10.9 Å². The molecule has 0 aliphatic carbocycles. The molecule has 1 atom stereocenters. The van der Waals surface area contributed by atoms with Gasteiger partial charge in [-0.25, -0.2) is 0 Å². The average molecular weight is 445 g/mol. The number of hydrogen-bond acceptors (Lipinski definition) is 5. The smallest absolute Gasteiger partial charge is 0.287 e. The number of carbonyl (C=O) groups is 1. The van der Waals surface area contributed by atoms with Gasteiger partial charge in [0.2, 0.25) is 0 Å². The zero-order valence-corrected chi connectivity index (χ0v) is 18.5. The molecule has 6 heteroatoms. The lowest BCUT2D eigenvalue weighted by Gasteiger charge is -2.15. The topological polar surface area (TPSA) is 64.4 Å². The fraction of sp³-hybridized carbons (Fsp3) is 0.154. The molecule has 0 fully saturated rings. The van der Waals surface area contributed by atoms with Crippen LogP contribution in [0.15, 0.2) is 101 Å². The van der Waals surface area contributed by atoms with Crippen molar-refractivity contribution in [1.29, 1.82) is 0 Å². The molecule has 1 N–H and O–H groups in total. The molecule has 0 bridgehead atoms. The SMILES string of the molecule is CC(NC(=O)c1occc1CSc1ccccc1)c1ccc(OCc2cccnc2)cc1. The number of amides is 1. The minimum absolute atomic E-state index is 0.172. The van der Waals surface area contributed by atoms with Crippen molar-refractivity contribution in [2.45, 2.75) is 30.2 Å². The molecule has 0 saturated carbocycles. The number of aromatic nitrogens is 1. The van der Waals surface area contributed by atoms with Crippen molar-refractivity contribution < 1.29 is 13.9 Å². The maximum Gasteiger partial charge on any atom is 0.287 e. The Morgan fingerprint density at radius 2 is 1.88 bits per heavy atom. The maximum absolute atomic E-state index is 12.8. The van der Waals surface area contributed by atoms with Gasteiger partial charge in [-0.15, -0.1) is 11.8 Å². The Morgan fingerprint density at radius 3 is 2.62 bits per heavy atom. The van der Waals surface area contributed by atoms with Crippen LogP contribution in [0.4, 0.5) is 0 Å². The van der Waals surface area contributed by atoms with Crippen LogP contribution in [0.3, 0.4) is 0 Å². The summed E-state index contributed by atoms with van der Waals surface area (Å²) in [5, 5.41) is 3.02. The Bertz CT molecular complexity index is 1130. The minimum Gasteiger partial charge on any atom is -0.489 e. The highest BCUT2D eigenvalue weighted by molar-refractivity contribution is 7.98. The van der Waals surface area contributed by atoms with Gasteiger partial charge in [0.1, 0.15) is 12.4 Å². The lowest BCUT2D eigenvalue weighted by atomic mass is 10.1. The zero-order chi connectivity index (χ0) is 22.2. The average Bonchev–Trinajstić information content (AvgIpc) is 3.32. The van der Waals surface area contributed by atoms with E-state index in [1.807, 2.05) is 67.6 Å². The summed E-state index contributed by atoms with van der Waals surface area (Å²) >= 11 is 1.67. The Morgan fingerprint density at radius 1 is 1.06 bits per heavy atom. The Hall–Kier alpha value is -3.51. The molecule has 0 spiro atoms. The molecule has 5 nitrogen and oxygen atoms in total. The highest BCUT2D eigenvalue weighted by Gasteiger charge is 2.18. The minimum atomic E-state index is -0.219.